The molecule has 1 aromatic carbocycles. The standard InChI is InChI=1S/C19H24N4O3/c1-12-17(16(11-26-2)22-21-12)13-5-7-14(8-6-13)19(25)23-9-3-4-15(10-23)18(20)24/h5-8,15H,3-4,9-11H2,1-2H3,(H2,20,24)(H,21,22). The topological polar surface area (TPSA) is 101 Å². The molecule has 2 heterocycles. The number of aromatic amines is 1. The number of likely N-dealkylation sites (tertiary alicyclic amines) is 1. The average molecular weight is 356 g/mol. The molecule has 1 atom stereocenters. The Bertz CT molecular complexity index is 798. The van der Waals surface area contributed by atoms with Crippen LogP contribution in [0.25, 0.3) is 11.1 Å². The van der Waals surface area contributed by atoms with Crippen LogP contribution >= 0.6 is 0 Å². The SMILES string of the molecule is COCc1n[nH]c(C)c1-c1ccc(C(=O)N2CCCC(C(N)=O)C2)cc1. The van der Waals surface area contributed by atoms with Gasteiger partial charge in [-0.05, 0) is 37.5 Å². The molecule has 138 valence electrons. The fraction of sp³-hybridized carbons (Fsp3) is 0.421. The van der Waals surface area contributed by atoms with Gasteiger partial charge >= 0.3 is 0 Å². The van der Waals surface area contributed by atoms with Gasteiger partial charge in [-0.15, -0.1) is 0 Å². The second-order valence-electron chi connectivity index (χ2n) is 6.67. The molecular weight excluding hydrogens is 332 g/mol. The number of H-pyrrole nitrogens is 1. The Labute approximate surface area is 152 Å². The van der Waals surface area contributed by atoms with Crippen molar-refractivity contribution in [1.82, 2.24) is 15.1 Å². The van der Waals surface area contributed by atoms with Gasteiger partial charge in [0, 0.05) is 37.0 Å². The molecule has 26 heavy (non-hydrogen) atoms. The third-order valence-corrected chi connectivity index (χ3v) is 4.83. The summed E-state index contributed by atoms with van der Waals surface area (Å²) in [7, 11) is 1.63. The fourth-order valence-corrected chi connectivity index (χ4v) is 3.46. The largest absolute Gasteiger partial charge is 0.378 e. The van der Waals surface area contributed by atoms with Crippen molar-refractivity contribution in [3.63, 3.8) is 0 Å². The molecule has 7 heteroatoms. The molecule has 1 aromatic heterocycles. The number of benzene rings is 1. The van der Waals surface area contributed by atoms with Gasteiger partial charge in [-0.25, -0.2) is 0 Å². The van der Waals surface area contributed by atoms with Crippen LogP contribution in [0.1, 0.15) is 34.6 Å². The van der Waals surface area contributed by atoms with Crippen LogP contribution in [-0.4, -0.2) is 47.1 Å². The van der Waals surface area contributed by atoms with Crippen LogP contribution < -0.4 is 5.73 Å². The van der Waals surface area contributed by atoms with E-state index in [9.17, 15) is 9.59 Å². The lowest BCUT2D eigenvalue weighted by Crippen LogP contribution is -2.44. The number of aromatic nitrogens is 2. The molecule has 2 amide bonds. The summed E-state index contributed by atoms with van der Waals surface area (Å²) < 4.78 is 5.19. The number of carbonyl (C=O) groups excluding carboxylic acids is 2. The van der Waals surface area contributed by atoms with Gasteiger partial charge in [0.05, 0.1) is 18.2 Å². The zero-order chi connectivity index (χ0) is 18.7. The third-order valence-electron chi connectivity index (χ3n) is 4.83. The number of nitrogens with one attached hydrogen (secondary N) is 1. The minimum Gasteiger partial charge on any atom is -0.378 e. The maximum absolute atomic E-state index is 12.7. The number of nitrogens with zero attached hydrogens (tertiary/aromatic N) is 2. The van der Waals surface area contributed by atoms with Gasteiger partial charge in [0.15, 0.2) is 0 Å². The van der Waals surface area contributed by atoms with E-state index in [1.165, 1.54) is 0 Å². The van der Waals surface area contributed by atoms with Gasteiger partial charge in [0.2, 0.25) is 5.91 Å². The van der Waals surface area contributed by atoms with Crippen molar-refractivity contribution < 1.29 is 14.3 Å². The minimum absolute atomic E-state index is 0.0662. The number of piperidine rings is 1. The first-order valence-corrected chi connectivity index (χ1v) is 8.73. The second kappa shape index (κ2) is 7.70. The van der Waals surface area contributed by atoms with Crippen LogP contribution in [0.5, 0.6) is 0 Å². The average Bonchev–Trinajstić information content (AvgIpc) is 3.02. The zero-order valence-corrected chi connectivity index (χ0v) is 15.1. The van der Waals surface area contributed by atoms with Gasteiger partial charge < -0.3 is 15.4 Å². The molecule has 7 nitrogen and oxygen atoms in total. The number of carbonyl (C=O) groups is 2. The molecule has 2 aromatic rings. The lowest BCUT2D eigenvalue weighted by atomic mass is 9.96. The number of aryl methyl sites for hydroxylation is 1. The predicted octanol–water partition coefficient (Wildman–Crippen LogP) is 1.87. The van der Waals surface area contributed by atoms with Crippen molar-refractivity contribution in [3.05, 3.63) is 41.2 Å². The van der Waals surface area contributed by atoms with Crippen LogP contribution in [0.15, 0.2) is 24.3 Å². The van der Waals surface area contributed by atoms with Crippen molar-refractivity contribution in [2.75, 3.05) is 20.2 Å². The van der Waals surface area contributed by atoms with E-state index in [4.69, 9.17) is 10.5 Å². The molecular formula is C19H24N4O3. The van der Waals surface area contributed by atoms with Crippen LogP contribution in [0, 0.1) is 12.8 Å². The summed E-state index contributed by atoms with van der Waals surface area (Å²) in [6.07, 6.45) is 1.55. The van der Waals surface area contributed by atoms with E-state index in [2.05, 4.69) is 10.2 Å². The summed E-state index contributed by atoms with van der Waals surface area (Å²) in [4.78, 5) is 25.9. The van der Waals surface area contributed by atoms with Crippen LogP contribution in [-0.2, 0) is 16.1 Å². The van der Waals surface area contributed by atoms with Crippen LogP contribution in [0.2, 0.25) is 0 Å². The molecule has 0 bridgehead atoms. The Balaban J connectivity index is 1.78. The Hall–Kier alpha value is -2.67. The highest BCUT2D eigenvalue weighted by Crippen LogP contribution is 2.27. The van der Waals surface area contributed by atoms with E-state index < -0.39 is 0 Å². The number of rotatable bonds is 5. The van der Waals surface area contributed by atoms with Crippen molar-refractivity contribution >= 4 is 11.8 Å². The molecule has 3 rings (SSSR count). The second-order valence-corrected chi connectivity index (χ2v) is 6.67. The van der Waals surface area contributed by atoms with Crippen LogP contribution in [0.4, 0.5) is 0 Å². The number of ether oxygens (including phenoxy) is 1. The van der Waals surface area contributed by atoms with Crippen molar-refractivity contribution in [1.29, 1.82) is 0 Å². The van der Waals surface area contributed by atoms with E-state index >= 15 is 0 Å². The monoisotopic (exact) mass is 356 g/mol. The van der Waals surface area contributed by atoms with Gasteiger partial charge in [-0.3, -0.25) is 14.7 Å². The van der Waals surface area contributed by atoms with E-state index in [0.29, 0.717) is 25.3 Å². The normalized spacial score (nSPS) is 17.3. The summed E-state index contributed by atoms with van der Waals surface area (Å²) in [6, 6.07) is 7.46. The Morgan fingerprint density at radius 3 is 2.73 bits per heavy atom. The summed E-state index contributed by atoms with van der Waals surface area (Å²) >= 11 is 0. The van der Waals surface area contributed by atoms with Gasteiger partial charge in [0.1, 0.15) is 0 Å². The minimum atomic E-state index is -0.334. The van der Waals surface area contributed by atoms with Crippen LogP contribution in [0.3, 0.4) is 0 Å². The molecule has 3 N–H and O–H groups in total. The molecule has 0 aliphatic carbocycles. The van der Waals surface area contributed by atoms with Crippen molar-refractivity contribution in [2.45, 2.75) is 26.4 Å². The summed E-state index contributed by atoms with van der Waals surface area (Å²) in [5.74, 6) is -0.653. The van der Waals surface area contributed by atoms with Gasteiger partial charge in [-0.1, -0.05) is 12.1 Å². The van der Waals surface area contributed by atoms with Crippen molar-refractivity contribution in [3.8, 4) is 11.1 Å². The van der Waals surface area contributed by atoms with E-state index in [-0.39, 0.29) is 17.7 Å². The molecule has 0 radical (unpaired) electrons. The van der Waals surface area contributed by atoms with E-state index in [1.807, 2.05) is 31.2 Å². The predicted molar refractivity (Wildman–Crippen MR) is 97.3 cm³/mol. The molecule has 1 aliphatic rings. The molecule has 0 saturated carbocycles. The quantitative estimate of drug-likeness (QED) is 0.854. The third kappa shape index (κ3) is 3.62. The Morgan fingerprint density at radius 1 is 1.35 bits per heavy atom. The molecule has 0 spiro atoms. The number of nitrogens with two attached hydrogens (primary N) is 1. The lowest BCUT2D eigenvalue weighted by Gasteiger charge is -2.31. The summed E-state index contributed by atoms with van der Waals surface area (Å²) in [5, 5.41) is 7.24. The first-order chi connectivity index (χ1) is 12.5. The lowest BCUT2D eigenvalue weighted by molar-refractivity contribution is -0.123. The van der Waals surface area contributed by atoms with Crippen molar-refractivity contribution in [2.24, 2.45) is 11.7 Å². The van der Waals surface area contributed by atoms with Gasteiger partial charge in [-0.2, -0.15) is 5.10 Å². The number of hydrogen-bond donors (Lipinski definition) is 2. The first kappa shape index (κ1) is 18.1. The number of hydrogen-bond acceptors (Lipinski definition) is 4. The van der Waals surface area contributed by atoms with E-state index in [0.717, 1.165) is 35.4 Å². The molecule has 1 aliphatic heterocycles. The molecule has 1 fully saturated rings. The highest BCUT2D eigenvalue weighted by molar-refractivity contribution is 5.95. The van der Waals surface area contributed by atoms with E-state index in [1.54, 1.807) is 12.0 Å². The summed E-state index contributed by atoms with van der Waals surface area (Å²) in [6.45, 7) is 3.43. The first-order valence-electron chi connectivity index (χ1n) is 8.73. The molecule has 1 saturated heterocycles. The number of methoxy groups -OCH3 is 1. The zero-order valence-electron chi connectivity index (χ0n) is 15.1. The summed E-state index contributed by atoms with van der Waals surface area (Å²) in [5.41, 5.74) is 9.77. The smallest absolute Gasteiger partial charge is 0.253 e. The Kier molecular flexibility index (Phi) is 5.37. The molecule has 1 unspecified atom stereocenters. The number of amides is 2. The maximum atomic E-state index is 12.7. The highest BCUT2D eigenvalue weighted by atomic mass is 16.5. The fourth-order valence-electron chi connectivity index (χ4n) is 3.46. The highest BCUT2D eigenvalue weighted by Gasteiger charge is 2.27. The van der Waals surface area contributed by atoms with Gasteiger partial charge in [0.25, 0.3) is 5.91 Å². The Morgan fingerprint density at radius 2 is 2.08 bits per heavy atom. The maximum Gasteiger partial charge on any atom is 0.253 e. The number of primary amides is 1.